The molecule has 0 saturated carbocycles. The zero-order valence-electron chi connectivity index (χ0n) is 14.3. The van der Waals surface area contributed by atoms with Crippen molar-refractivity contribution in [3.8, 4) is 0 Å². The Kier molecular flexibility index (Phi) is 5.66. The van der Waals surface area contributed by atoms with Gasteiger partial charge in [-0.15, -0.1) is 0 Å². The van der Waals surface area contributed by atoms with Crippen molar-refractivity contribution in [2.45, 2.75) is 12.8 Å². The fourth-order valence-electron chi connectivity index (χ4n) is 3.01. The van der Waals surface area contributed by atoms with E-state index >= 15 is 0 Å². The number of halogens is 1. The minimum Gasteiger partial charge on any atom is -0.338 e. The van der Waals surface area contributed by atoms with Crippen LogP contribution in [-0.4, -0.2) is 39.7 Å². The number of anilines is 1. The quantitative estimate of drug-likeness (QED) is 0.639. The van der Waals surface area contributed by atoms with Gasteiger partial charge in [-0.25, -0.2) is 4.98 Å². The second kappa shape index (κ2) is 8.13. The molecule has 1 N–H and O–H groups in total. The van der Waals surface area contributed by atoms with E-state index in [1.165, 1.54) is 24.4 Å². The Labute approximate surface area is 160 Å². The number of nitrogens with zero attached hydrogens (tertiary/aromatic N) is 3. The number of likely N-dealkylation sites (tertiary alicyclic amines) is 1. The summed E-state index contributed by atoms with van der Waals surface area (Å²) in [5.74, 6) is -0.386. The van der Waals surface area contributed by atoms with Crippen LogP contribution in [0.25, 0.3) is 0 Å². The standard InChI is InChI=1S/C18H17ClN4O4/c19-13-5-6-16(20-11-13)21-17(24)12-7-9-22(10-8-12)18(25)14-3-1-2-4-15(14)23(26)27/h1-6,11-12H,7-10H2,(H,20,21,24). The second-order valence-corrected chi connectivity index (χ2v) is 6.63. The first-order chi connectivity index (χ1) is 13.0. The van der Waals surface area contributed by atoms with Crippen LogP contribution >= 0.6 is 11.6 Å². The maximum Gasteiger partial charge on any atom is 0.282 e. The van der Waals surface area contributed by atoms with E-state index in [0.29, 0.717) is 36.8 Å². The van der Waals surface area contributed by atoms with Crippen molar-refractivity contribution in [2.24, 2.45) is 5.92 Å². The molecule has 0 unspecified atom stereocenters. The van der Waals surface area contributed by atoms with Crippen molar-refractivity contribution in [3.63, 3.8) is 0 Å². The summed E-state index contributed by atoms with van der Waals surface area (Å²) in [5.41, 5.74) is -0.146. The molecule has 8 nitrogen and oxygen atoms in total. The smallest absolute Gasteiger partial charge is 0.282 e. The molecule has 3 rings (SSSR count). The Bertz CT molecular complexity index is 864. The Morgan fingerprint density at radius 3 is 2.52 bits per heavy atom. The van der Waals surface area contributed by atoms with Crippen molar-refractivity contribution in [2.75, 3.05) is 18.4 Å². The van der Waals surface area contributed by atoms with Crippen LogP contribution in [0.3, 0.4) is 0 Å². The third-order valence-corrected chi connectivity index (χ3v) is 4.69. The Morgan fingerprint density at radius 2 is 1.89 bits per heavy atom. The molecule has 2 heterocycles. The van der Waals surface area contributed by atoms with E-state index in [2.05, 4.69) is 10.3 Å². The lowest BCUT2D eigenvalue weighted by Gasteiger charge is -2.31. The van der Waals surface area contributed by atoms with Gasteiger partial charge in [0, 0.05) is 31.3 Å². The van der Waals surface area contributed by atoms with Gasteiger partial charge in [0.2, 0.25) is 5.91 Å². The molecule has 9 heteroatoms. The molecular weight excluding hydrogens is 372 g/mol. The molecule has 1 aromatic heterocycles. The number of carbonyl (C=O) groups excluding carboxylic acids is 2. The average Bonchev–Trinajstić information content (AvgIpc) is 2.69. The highest BCUT2D eigenvalue weighted by atomic mass is 35.5. The summed E-state index contributed by atoms with van der Waals surface area (Å²) in [6.45, 7) is 0.716. The van der Waals surface area contributed by atoms with Gasteiger partial charge in [0.1, 0.15) is 11.4 Å². The molecule has 0 bridgehead atoms. The maximum absolute atomic E-state index is 12.6. The first-order valence-electron chi connectivity index (χ1n) is 8.41. The Balaban J connectivity index is 1.60. The van der Waals surface area contributed by atoms with Crippen molar-refractivity contribution in [1.82, 2.24) is 9.88 Å². The zero-order valence-corrected chi connectivity index (χ0v) is 15.1. The maximum atomic E-state index is 12.6. The molecule has 2 aromatic rings. The molecule has 1 aliphatic rings. The first kappa shape index (κ1) is 18.8. The summed E-state index contributed by atoms with van der Waals surface area (Å²) < 4.78 is 0. The summed E-state index contributed by atoms with van der Waals surface area (Å²) in [6, 6.07) is 9.14. The number of amides is 2. The van der Waals surface area contributed by atoms with Crippen molar-refractivity contribution in [1.29, 1.82) is 0 Å². The van der Waals surface area contributed by atoms with Crippen LogP contribution in [0.1, 0.15) is 23.2 Å². The molecule has 0 radical (unpaired) electrons. The number of carbonyl (C=O) groups is 2. The molecule has 1 fully saturated rings. The number of hydrogen-bond donors (Lipinski definition) is 1. The fraction of sp³-hybridized carbons (Fsp3) is 0.278. The average molecular weight is 389 g/mol. The Morgan fingerprint density at radius 1 is 1.19 bits per heavy atom. The molecule has 1 saturated heterocycles. The highest BCUT2D eigenvalue weighted by Crippen LogP contribution is 2.24. The number of benzene rings is 1. The van der Waals surface area contributed by atoms with Gasteiger partial charge in [-0.05, 0) is 31.0 Å². The minimum absolute atomic E-state index is 0.0655. The van der Waals surface area contributed by atoms with Gasteiger partial charge in [-0.3, -0.25) is 19.7 Å². The Hall–Kier alpha value is -3.00. The lowest BCUT2D eigenvalue weighted by molar-refractivity contribution is -0.385. The number of nitro benzene ring substituents is 1. The van der Waals surface area contributed by atoms with Crippen LogP contribution in [0.15, 0.2) is 42.6 Å². The van der Waals surface area contributed by atoms with Crippen LogP contribution in [0, 0.1) is 16.0 Å². The lowest BCUT2D eigenvalue weighted by Crippen LogP contribution is -2.41. The predicted molar refractivity (Wildman–Crippen MR) is 99.6 cm³/mol. The molecular formula is C18H17ClN4O4. The van der Waals surface area contributed by atoms with Crippen LogP contribution in [0.2, 0.25) is 5.02 Å². The number of pyridine rings is 1. The van der Waals surface area contributed by atoms with Gasteiger partial charge in [-0.2, -0.15) is 0 Å². The zero-order chi connectivity index (χ0) is 19.4. The molecule has 0 aliphatic carbocycles. The number of aromatic nitrogens is 1. The normalized spacial score (nSPS) is 14.6. The lowest BCUT2D eigenvalue weighted by atomic mass is 9.95. The van der Waals surface area contributed by atoms with Gasteiger partial charge in [0.05, 0.1) is 9.95 Å². The molecule has 1 aromatic carbocycles. The van der Waals surface area contributed by atoms with Gasteiger partial charge >= 0.3 is 0 Å². The molecule has 27 heavy (non-hydrogen) atoms. The van der Waals surface area contributed by atoms with Gasteiger partial charge < -0.3 is 10.2 Å². The summed E-state index contributed by atoms with van der Waals surface area (Å²) in [6.07, 6.45) is 2.41. The van der Waals surface area contributed by atoms with Crippen LogP contribution in [-0.2, 0) is 4.79 Å². The van der Waals surface area contributed by atoms with Crippen LogP contribution in [0.4, 0.5) is 11.5 Å². The number of hydrogen-bond acceptors (Lipinski definition) is 5. The summed E-state index contributed by atoms with van der Waals surface area (Å²) in [4.78, 5) is 41.1. The van der Waals surface area contributed by atoms with Gasteiger partial charge in [0.25, 0.3) is 11.6 Å². The van der Waals surface area contributed by atoms with Gasteiger partial charge in [-0.1, -0.05) is 23.7 Å². The van der Waals surface area contributed by atoms with Crippen molar-refractivity contribution < 1.29 is 14.5 Å². The minimum atomic E-state index is -0.563. The van der Waals surface area contributed by atoms with Crippen molar-refractivity contribution >= 4 is 34.9 Å². The number of para-hydroxylation sites is 1. The summed E-state index contributed by atoms with van der Waals surface area (Å²) in [5, 5.41) is 14.3. The van der Waals surface area contributed by atoms with E-state index in [-0.39, 0.29) is 29.0 Å². The molecule has 0 spiro atoms. The summed E-state index contributed by atoms with van der Waals surface area (Å²) in [7, 11) is 0. The van der Waals surface area contributed by atoms with Crippen LogP contribution < -0.4 is 5.32 Å². The van der Waals surface area contributed by atoms with E-state index in [0.717, 1.165) is 0 Å². The predicted octanol–water partition coefficient (Wildman–Crippen LogP) is 3.13. The largest absolute Gasteiger partial charge is 0.338 e. The van der Waals surface area contributed by atoms with Crippen LogP contribution in [0.5, 0.6) is 0 Å². The highest BCUT2D eigenvalue weighted by Gasteiger charge is 2.30. The van der Waals surface area contributed by atoms with E-state index in [9.17, 15) is 19.7 Å². The summed E-state index contributed by atoms with van der Waals surface area (Å²) >= 11 is 5.77. The molecule has 1 aliphatic heterocycles. The number of rotatable bonds is 4. The monoisotopic (exact) mass is 388 g/mol. The van der Waals surface area contributed by atoms with E-state index < -0.39 is 4.92 Å². The third-order valence-electron chi connectivity index (χ3n) is 4.46. The second-order valence-electron chi connectivity index (χ2n) is 6.19. The molecule has 140 valence electrons. The number of piperidine rings is 1. The molecule has 2 amide bonds. The number of nitrogens with one attached hydrogen (secondary N) is 1. The van der Waals surface area contributed by atoms with E-state index in [4.69, 9.17) is 11.6 Å². The van der Waals surface area contributed by atoms with E-state index in [1.807, 2.05) is 0 Å². The molecule has 0 atom stereocenters. The number of nitro groups is 1. The fourth-order valence-corrected chi connectivity index (χ4v) is 3.12. The van der Waals surface area contributed by atoms with Gasteiger partial charge in [0.15, 0.2) is 0 Å². The van der Waals surface area contributed by atoms with Crippen molar-refractivity contribution in [3.05, 3.63) is 63.3 Å². The highest BCUT2D eigenvalue weighted by molar-refractivity contribution is 6.30. The first-order valence-corrected chi connectivity index (χ1v) is 8.78. The third kappa shape index (κ3) is 4.40. The topological polar surface area (TPSA) is 105 Å². The SMILES string of the molecule is O=C(Nc1ccc(Cl)cn1)C1CCN(C(=O)c2ccccc2[N+](=O)[O-])CC1. The van der Waals surface area contributed by atoms with E-state index in [1.54, 1.807) is 23.1 Å².